The lowest BCUT2D eigenvalue weighted by Gasteiger charge is -2.30. The Morgan fingerprint density at radius 1 is 1.32 bits per heavy atom. The Morgan fingerprint density at radius 2 is 2.11 bits per heavy atom. The molecule has 0 amide bonds. The van der Waals surface area contributed by atoms with E-state index >= 15 is 0 Å². The van der Waals surface area contributed by atoms with Crippen LogP contribution in [0.2, 0.25) is 0 Å². The van der Waals surface area contributed by atoms with E-state index < -0.39 is 0 Å². The monoisotopic (exact) mass is 262 g/mol. The SMILES string of the molecule is Cc1[nH]c(CC2CN(C)CCN2)nc1C1CCCC1. The van der Waals surface area contributed by atoms with E-state index in [4.69, 9.17) is 4.98 Å². The van der Waals surface area contributed by atoms with Crippen molar-refractivity contribution in [2.24, 2.45) is 0 Å². The van der Waals surface area contributed by atoms with Crippen molar-refractivity contribution in [3.63, 3.8) is 0 Å². The highest BCUT2D eigenvalue weighted by molar-refractivity contribution is 5.19. The number of hydrogen-bond donors (Lipinski definition) is 2. The lowest BCUT2D eigenvalue weighted by molar-refractivity contribution is 0.236. The van der Waals surface area contributed by atoms with Crippen molar-refractivity contribution in [1.82, 2.24) is 20.2 Å². The molecule has 3 rings (SSSR count). The second-order valence-electron chi connectivity index (χ2n) is 6.29. The van der Waals surface area contributed by atoms with E-state index in [0.717, 1.165) is 26.1 Å². The van der Waals surface area contributed by atoms with Crippen molar-refractivity contribution in [1.29, 1.82) is 0 Å². The smallest absolute Gasteiger partial charge is 0.108 e. The summed E-state index contributed by atoms with van der Waals surface area (Å²) in [4.78, 5) is 10.8. The Labute approximate surface area is 116 Å². The Balaban J connectivity index is 1.66. The third kappa shape index (κ3) is 3.00. The third-order valence-electron chi connectivity index (χ3n) is 4.61. The van der Waals surface area contributed by atoms with Gasteiger partial charge in [-0.3, -0.25) is 0 Å². The first-order chi connectivity index (χ1) is 9.22. The summed E-state index contributed by atoms with van der Waals surface area (Å²) in [5, 5.41) is 3.59. The number of piperazine rings is 1. The van der Waals surface area contributed by atoms with Gasteiger partial charge in [0.1, 0.15) is 5.82 Å². The predicted octanol–water partition coefficient (Wildman–Crippen LogP) is 1.82. The van der Waals surface area contributed by atoms with Crippen molar-refractivity contribution in [2.75, 3.05) is 26.7 Å². The van der Waals surface area contributed by atoms with E-state index in [1.165, 1.54) is 42.9 Å². The van der Waals surface area contributed by atoms with Crippen LogP contribution < -0.4 is 5.32 Å². The van der Waals surface area contributed by atoms with Crippen LogP contribution in [0.1, 0.15) is 48.8 Å². The summed E-state index contributed by atoms with van der Waals surface area (Å²) in [5.74, 6) is 1.89. The third-order valence-corrected chi connectivity index (χ3v) is 4.61. The molecule has 1 saturated carbocycles. The van der Waals surface area contributed by atoms with Crippen molar-refractivity contribution in [3.8, 4) is 0 Å². The van der Waals surface area contributed by atoms with Gasteiger partial charge in [0.25, 0.3) is 0 Å². The van der Waals surface area contributed by atoms with Gasteiger partial charge in [0.05, 0.1) is 5.69 Å². The van der Waals surface area contributed by atoms with Gasteiger partial charge in [-0.15, -0.1) is 0 Å². The Morgan fingerprint density at radius 3 is 2.84 bits per heavy atom. The van der Waals surface area contributed by atoms with Gasteiger partial charge in [0.2, 0.25) is 0 Å². The maximum atomic E-state index is 4.90. The fraction of sp³-hybridized carbons (Fsp3) is 0.800. The average Bonchev–Trinajstić information content (AvgIpc) is 2.98. The first-order valence-electron chi connectivity index (χ1n) is 7.69. The predicted molar refractivity (Wildman–Crippen MR) is 77.5 cm³/mol. The molecule has 1 aromatic rings. The van der Waals surface area contributed by atoms with Crippen molar-refractivity contribution >= 4 is 0 Å². The van der Waals surface area contributed by atoms with Crippen LogP contribution >= 0.6 is 0 Å². The molecule has 1 aromatic heterocycles. The Bertz CT molecular complexity index is 420. The molecule has 0 spiro atoms. The minimum atomic E-state index is 0.542. The number of rotatable bonds is 3. The Hall–Kier alpha value is -0.870. The molecule has 0 bridgehead atoms. The topological polar surface area (TPSA) is 44.0 Å². The molecular formula is C15H26N4. The Kier molecular flexibility index (Phi) is 3.89. The lowest BCUT2D eigenvalue weighted by Crippen LogP contribution is -2.50. The molecule has 1 unspecified atom stereocenters. The summed E-state index contributed by atoms with van der Waals surface area (Å²) in [6.45, 7) is 5.56. The van der Waals surface area contributed by atoms with Crippen LogP contribution in [0.15, 0.2) is 0 Å². The summed E-state index contributed by atoms with van der Waals surface area (Å²) in [6, 6.07) is 0.542. The number of likely N-dealkylation sites (N-methyl/N-ethyl adjacent to an activating group) is 1. The fourth-order valence-corrected chi connectivity index (χ4v) is 3.59. The molecule has 2 N–H and O–H groups in total. The van der Waals surface area contributed by atoms with E-state index in [1.807, 2.05) is 0 Å². The molecule has 19 heavy (non-hydrogen) atoms. The summed E-state index contributed by atoms with van der Waals surface area (Å²) >= 11 is 0. The number of aryl methyl sites for hydroxylation is 1. The summed E-state index contributed by atoms with van der Waals surface area (Å²) < 4.78 is 0. The molecule has 2 fully saturated rings. The van der Waals surface area contributed by atoms with Crippen LogP contribution in [-0.2, 0) is 6.42 Å². The van der Waals surface area contributed by atoms with Crippen LogP contribution in [0.25, 0.3) is 0 Å². The number of hydrogen-bond acceptors (Lipinski definition) is 3. The van der Waals surface area contributed by atoms with Gasteiger partial charge in [-0.05, 0) is 26.8 Å². The van der Waals surface area contributed by atoms with E-state index in [-0.39, 0.29) is 0 Å². The molecule has 1 saturated heterocycles. The number of H-pyrrole nitrogens is 1. The van der Waals surface area contributed by atoms with Crippen molar-refractivity contribution in [3.05, 3.63) is 17.2 Å². The summed E-state index contributed by atoms with van der Waals surface area (Å²) in [7, 11) is 2.20. The van der Waals surface area contributed by atoms with Gasteiger partial charge in [-0.25, -0.2) is 4.98 Å². The zero-order valence-electron chi connectivity index (χ0n) is 12.2. The van der Waals surface area contributed by atoms with Gasteiger partial charge in [-0.2, -0.15) is 0 Å². The zero-order chi connectivity index (χ0) is 13.2. The molecule has 0 radical (unpaired) electrons. The quantitative estimate of drug-likeness (QED) is 0.873. The van der Waals surface area contributed by atoms with Crippen LogP contribution in [0.4, 0.5) is 0 Å². The molecule has 1 aliphatic heterocycles. The second kappa shape index (κ2) is 5.63. The molecular weight excluding hydrogens is 236 g/mol. The van der Waals surface area contributed by atoms with Crippen LogP contribution in [0, 0.1) is 6.92 Å². The highest BCUT2D eigenvalue weighted by Gasteiger charge is 2.23. The standard InChI is InChI=1S/C15H26N4/c1-11-15(12-5-3-4-6-12)18-14(17-11)9-13-10-19(2)8-7-16-13/h12-13,16H,3-10H2,1-2H3,(H,17,18). The van der Waals surface area contributed by atoms with E-state index in [1.54, 1.807) is 0 Å². The largest absolute Gasteiger partial charge is 0.346 e. The van der Waals surface area contributed by atoms with Gasteiger partial charge in [-0.1, -0.05) is 12.8 Å². The highest BCUT2D eigenvalue weighted by atomic mass is 15.2. The molecule has 2 aliphatic rings. The molecule has 1 aliphatic carbocycles. The van der Waals surface area contributed by atoms with E-state index in [0.29, 0.717) is 12.0 Å². The summed E-state index contributed by atoms with van der Waals surface area (Å²) in [6.07, 6.45) is 6.44. The van der Waals surface area contributed by atoms with Gasteiger partial charge in [0.15, 0.2) is 0 Å². The number of aromatic amines is 1. The van der Waals surface area contributed by atoms with Crippen LogP contribution in [-0.4, -0.2) is 47.6 Å². The first-order valence-corrected chi connectivity index (χ1v) is 7.69. The number of aromatic nitrogens is 2. The van der Waals surface area contributed by atoms with Crippen LogP contribution in [0.5, 0.6) is 0 Å². The van der Waals surface area contributed by atoms with Crippen LogP contribution in [0.3, 0.4) is 0 Å². The molecule has 4 heteroatoms. The van der Waals surface area contributed by atoms with Gasteiger partial charge >= 0.3 is 0 Å². The van der Waals surface area contributed by atoms with Crippen molar-refractivity contribution in [2.45, 2.75) is 51.0 Å². The normalized spacial score (nSPS) is 26.1. The molecule has 1 atom stereocenters. The second-order valence-corrected chi connectivity index (χ2v) is 6.29. The zero-order valence-corrected chi connectivity index (χ0v) is 12.2. The highest BCUT2D eigenvalue weighted by Crippen LogP contribution is 2.34. The van der Waals surface area contributed by atoms with Gasteiger partial charge < -0.3 is 15.2 Å². The first kappa shape index (κ1) is 13.1. The van der Waals surface area contributed by atoms with Crippen molar-refractivity contribution < 1.29 is 0 Å². The molecule has 0 aromatic carbocycles. The lowest BCUT2D eigenvalue weighted by atomic mass is 10.0. The maximum absolute atomic E-state index is 4.90. The molecule has 106 valence electrons. The average molecular weight is 262 g/mol. The number of nitrogens with zero attached hydrogens (tertiary/aromatic N) is 2. The molecule has 2 heterocycles. The number of imidazole rings is 1. The summed E-state index contributed by atoms with van der Waals surface area (Å²) in [5.41, 5.74) is 2.64. The minimum absolute atomic E-state index is 0.542. The molecule has 4 nitrogen and oxygen atoms in total. The van der Waals surface area contributed by atoms with E-state index in [2.05, 4.69) is 29.2 Å². The van der Waals surface area contributed by atoms with Gasteiger partial charge in [0, 0.05) is 43.7 Å². The fourth-order valence-electron chi connectivity index (χ4n) is 3.59. The maximum Gasteiger partial charge on any atom is 0.108 e. The van der Waals surface area contributed by atoms with E-state index in [9.17, 15) is 0 Å². The number of nitrogens with one attached hydrogen (secondary N) is 2. The minimum Gasteiger partial charge on any atom is -0.346 e.